The van der Waals surface area contributed by atoms with Crippen LogP contribution in [-0.4, -0.2) is 29.8 Å². The molecule has 6 heteroatoms. The third-order valence-electron chi connectivity index (χ3n) is 4.15. The van der Waals surface area contributed by atoms with Gasteiger partial charge in [-0.15, -0.1) is 10.2 Å². The summed E-state index contributed by atoms with van der Waals surface area (Å²) in [4.78, 5) is 12.0. The van der Waals surface area contributed by atoms with Crippen molar-refractivity contribution in [1.29, 1.82) is 0 Å². The predicted octanol–water partition coefficient (Wildman–Crippen LogP) is 3.51. The largest absolute Gasteiger partial charge is 0.497 e. The highest BCUT2D eigenvalue weighted by atomic mass is 16.5. The molecule has 6 nitrogen and oxygen atoms in total. The molecule has 1 amide bonds. The zero-order chi connectivity index (χ0) is 18.1. The molecule has 0 saturated carbocycles. The van der Waals surface area contributed by atoms with E-state index < -0.39 is 0 Å². The van der Waals surface area contributed by atoms with Crippen molar-refractivity contribution in [1.82, 2.24) is 10.2 Å². The molecular formula is C19H26N4O2. The van der Waals surface area contributed by atoms with E-state index in [1.807, 2.05) is 44.2 Å². The molecular weight excluding hydrogens is 316 g/mol. The van der Waals surface area contributed by atoms with Gasteiger partial charge in [0.05, 0.1) is 7.11 Å². The van der Waals surface area contributed by atoms with Gasteiger partial charge in [-0.1, -0.05) is 26.0 Å². The first-order chi connectivity index (χ1) is 12.2. The molecule has 0 aliphatic carbocycles. The number of carbonyl (C=O) groups excluding carboxylic acids is 1. The van der Waals surface area contributed by atoms with E-state index in [4.69, 9.17) is 4.74 Å². The normalized spacial score (nSPS) is 10.6. The Labute approximate surface area is 149 Å². The summed E-state index contributed by atoms with van der Waals surface area (Å²) < 4.78 is 5.15. The van der Waals surface area contributed by atoms with E-state index in [1.165, 1.54) is 5.56 Å². The quantitative estimate of drug-likeness (QED) is 0.729. The van der Waals surface area contributed by atoms with Crippen LogP contribution in [0, 0.1) is 5.92 Å². The van der Waals surface area contributed by atoms with Crippen molar-refractivity contribution in [2.45, 2.75) is 33.1 Å². The van der Waals surface area contributed by atoms with Crippen molar-refractivity contribution in [3.05, 3.63) is 42.0 Å². The second kappa shape index (κ2) is 9.61. The van der Waals surface area contributed by atoms with E-state index in [-0.39, 0.29) is 11.8 Å². The Balaban J connectivity index is 1.80. The number of nitrogens with zero attached hydrogens (tertiary/aromatic N) is 2. The number of benzene rings is 1. The Morgan fingerprint density at radius 2 is 1.68 bits per heavy atom. The summed E-state index contributed by atoms with van der Waals surface area (Å²) in [6.07, 6.45) is 2.51. The lowest BCUT2D eigenvalue weighted by molar-refractivity contribution is -0.120. The Bertz CT molecular complexity index is 652. The average Bonchev–Trinajstić information content (AvgIpc) is 2.65. The van der Waals surface area contributed by atoms with Gasteiger partial charge in [-0.2, -0.15) is 0 Å². The van der Waals surface area contributed by atoms with Gasteiger partial charge in [0.25, 0.3) is 0 Å². The standard InChI is InChI=1S/C19H26N4O2/c1-4-15(5-2)19(24)21-18-11-10-17(22-23-18)20-13-12-14-6-8-16(25-3)9-7-14/h6-11,15H,4-5,12-13H2,1-3H3,(H,20,22)(H,21,23,24). The van der Waals surface area contributed by atoms with Crippen LogP contribution in [0.5, 0.6) is 5.75 Å². The van der Waals surface area contributed by atoms with E-state index in [1.54, 1.807) is 13.2 Å². The number of hydrogen-bond acceptors (Lipinski definition) is 5. The molecule has 134 valence electrons. The summed E-state index contributed by atoms with van der Waals surface area (Å²) in [5.41, 5.74) is 1.22. The number of ether oxygens (including phenoxy) is 1. The van der Waals surface area contributed by atoms with E-state index in [9.17, 15) is 4.79 Å². The Morgan fingerprint density at radius 1 is 1.04 bits per heavy atom. The molecule has 0 unspecified atom stereocenters. The highest BCUT2D eigenvalue weighted by Gasteiger charge is 2.14. The van der Waals surface area contributed by atoms with Crippen LogP contribution in [0.15, 0.2) is 36.4 Å². The molecule has 2 N–H and O–H groups in total. The molecule has 0 aliphatic heterocycles. The smallest absolute Gasteiger partial charge is 0.228 e. The van der Waals surface area contributed by atoms with Crippen LogP contribution >= 0.6 is 0 Å². The number of hydrogen-bond donors (Lipinski definition) is 2. The lowest BCUT2D eigenvalue weighted by Crippen LogP contribution is -2.22. The maximum absolute atomic E-state index is 12.0. The summed E-state index contributed by atoms with van der Waals surface area (Å²) in [7, 11) is 1.66. The number of carbonyl (C=O) groups is 1. The molecule has 1 heterocycles. The van der Waals surface area contributed by atoms with Crippen LogP contribution in [-0.2, 0) is 11.2 Å². The second-order valence-electron chi connectivity index (χ2n) is 5.83. The van der Waals surface area contributed by atoms with Crippen LogP contribution in [0.25, 0.3) is 0 Å². The van der Waals surface area contributed by atoms with Crippen LogP contribution in [0.1, 0.15) is 32.3 Å². The molecule has 1 aromatic heterocycles. The predicted molar refractivity (Wildman–Crippen MR) is 99.9 cm³/mol. The van der Waals surface area contributed by atoms with Crippen molar-refractivity contribution in [2.24, 2.45) is 5.92 Å². The van der Waals surface area contributed by atoms with E-state index >= 15 is 0 Å². The molecule has 0 aliphatic rings. The highest BCUT2D eigenvalue weighted by molar-refractivity contribution is 5.91. The number of aromatic nitrogens is 2. The minimum absolute atomic E-state index is 0.000449. The van der Waals surface area contributed by atoms with E-state index in [0.29, 0.717) is 11.6 Å². The molecule has 0 fully saturated rings. The van der Waals surface area contributed by atoms with Crippen molar-refractivity contribution >= 4 is 17.5 Å². The molecule has 0 atom stereocenters. The Kier molecular flexibility index (Phi) is 7.19. The third-order valence-corrected chi connectivity index (χ3v) is 4.15. The summed E-state index contributed by atoms with van der Waals surface area (Å²) >= 11 is 0. The van der Waals surface area contributed by atoms with Gasteiger partial charge in [-0.05, 0) is 49.1 Å². The van der Waals surface area contributed by atoms with Crippen molar-refractivity contribution in [2.75, 3.05) is 24.3 Å². The van der Waals surface area contributed by atoms with Crippen LogP contribution in [0.3, 0.4) is 0 Å². The minimum Gasteiger partial charge on any atom is -0.497 e. The monoisotopic (exact) mass is 342 g/mol. The van der Waals surface area contributed by atoms with Gasteiger partial charge in [0.1, 0.15) is 11.6 Å². The first-order valence-corrected chi connectivity index (χ1v) is 8.67. The summed E-state index contributed by atoms with van der Waals surface area (Å²) in [6, 6.07) is 11.6. The lowest BCUT2D eigenvalue weighted by Gasteiger charge is -2.12. The third kappa shape index (κ3) is 5.74. The zero-order valence-corrected chi connectivity index (χ0v) is 15.1. The number of nitrogens with one attached hydrogen (secondary N) is 2. The van der Waals surface area contributed by atoms with Crippen molar-refractivity contribution < 1.29 is 9.53 Å². The fourth-order valence-electron chi connectivity index (χ4n) is 2.51. The minimum atomic E-state index is -0.000449. The van der Waals surface area contributed by atoms with Crippen LogP contribution in [0.2, 0.25) is 0 Å². The topological polar surface area (TPSA) is 76.1 Å². The van der Waals surface area contributed by atoms with E-state index in [2.05, 4.69) is 20.8 Å². The number of rotatable bonds is 9. The molecule has 0 saturated heterocycles. The molecule has 0 bridgehead atoms. The number of methoxy groups -OCH3 is 1. The molecule has 0 spiro atoms. The molecule has 2 aromatic rings. The molecule has 0 radical (unpaired) electrons. The summed E-state index contributed by atoms with van der Waals surface area (Å²) in [6.45, 7) is 4.77. The summed E-state index contributed by atoms with van der Waals surface area (Å²) in [5.74, 6) is 2.05. The zero-order valence-electron chi connectivity index (χ0n) is 15.1. The molecule has 2 rings (SSSR count). The lowest BCUT2D eigenvalue weighted by atomic mass is 10.0. The van der Waals surface area contributed by atoms with Gasteiger partial charge in [0, 0.05) is 12.5 Å². The maximum Gasteiger partial charge on any atom is 0.228 e. The van der Waals surface area contributed by atoms with Crippen LogP contribution < -0.4 is 15.4 Å². The SMILES string of the molecule is CCC(CC)C(=O)Nc1ccc(NCCc2ccc(OC)cc2)nn1. The van der Waals surface area contributed by atoms with Gasteiger partial charge >= 0.3 is 0 Å². The van der Waals surface area contributed by atoms with Gasteiger partial charge in [0.15, 0.2) is 5.82 Å². The second-order valence-corrected chi connectivity index (χ2v) is 5.83. The Hall–Kier alpha value is -2.63. The fraction of sp³-hybridized carbons (Fsp3) is 0.421. The molecule has 1 aromatic carbocycles. The number of anilines is 2. The van der Waals surface area contributed by atoms with Crippen molar-refractivity contribution in [3.63, 3.8) is 0 Å². The van der Waals surface area contributed by atoms with Crippen molar-refractivity contribution in [3.8, 4) is 5.75 Å². The van der Waals surface area contributed by atoms with Gasteiger partial charge in [0.2, 0.25) is 5.91 Å². The van der Waals surface area contributed by atoms with Gasteiger partial charge in [-0.25, -0.2) is 0 Å². The first-order valence-electron chi connectivity index (χ1n) is 8.67. The van der Waals surface area contributed by atoms with Gasteiger partial charge in [-0.3, -0.25) is 4.79 Å². The van der Waals surface area contributed by atoms with Gasteiger partial charge < -0.3 is 15.4 Å². The highest BCUT2D eigenvalue weighted by Crippen LogP contribution is 2.13. The average molecular weight is 342 g/mol. The molecule has 25 heavy (non-hydrogen) atoms. The van der Waals surface area contributed by atoms with Crippen LogP contribution in [0.4, 0.5) is 11.6 Å². The first kappa shape index (κ1) is 18.7. The van der Waals surface area contributed by atoms with E-state index in [0.717, 1.165) is 31.6 Å². The Morgan fingerprint density at radius 3 is 2.24 bits per heavy atom. The summed E-state index contributed by atoms with van der Waals surface area (Å²) in [5, 5.41) is 14.2. The number of amides is 1. The fourth-order valence-corrected chi connectivity index (χ4v) is 2.51. The maximum atomic E-state index is 12.0.